The first-order valence-electron chi connectivity index (χ1n) is 9.10. The number of esters is 2. The van der Waals surface area contributed by atoms with Crippen molar-refractivity contribution >= 4 is 58.3 Å². The Labute approximate surface area is 182 Å². The van der Waals surface area contributed by atoms with E-state index in [1.165, 1.54) is 17.0 Å². The van der Waals surface area contributed by atoms with E-state index in [0.717, 1.165) is 12.2 Å². The highest BCUT2D eigenvalue weighted by molar-refractivity contribution is 6.49. The summed E-state index contributed by atoms with van der Waals surface area (Å²) < 4.78 is 11.0. The molecule has 0 atom stereocenters. The molecule has 7 nitrogen and oxygen atoms in total. The molecular weight excluding hydrogens is 443 g/mol. The van der Waals surface area contributed by atoms with Crippen LogP contribution in [-0.2, 0) is 23.9 Å². The largest absolute Gasteiger partial charge is 0.410 e. The van der Waals surface area contributed by atoms with Crippen LogP contribution in [0.25, 0.3) is 0 Å². The minimum absolute atomic E-state index is 0.0687. The van der Waals surface area contributed by atoms with Crippen LogP contribution in [0.15, 0.2) is 24.3 Å². The molecule has 0 saturated carbocycles. The van der Waals surface area contributed by atoms with E-state index in [1.54, 1.807) is 6.92 Å². The van der Waals surface area contributed by atoms with Crippen molar-refractivity contribution in [3.63, 3.8) is 0 Å². The molecule has 0 aromatic heterocycles. The van der Waals surface area contributed by atoms with E-state index >= 15 is 0 Å². The number of nitrogens with zero attached hydrogens (tertiary/aromatic N) is 1. The SMILES string of the molecule is CCN(C(=O)C1(C2CCNCC2)OC(=O)C=CC(=O)O1)c1ccc(Cl)c(Cl)c1Cl. The van der Waals surface area contributed by atoms with Crippen molar-refractivity contribution in [2.24, 2.45) is 5.92 Å². The summed E-state index contributed by atoms with van der Waals surface area (Å²) >= 11 is 18.5. The summed E-state index contributed by atoms with van der Waals surface area (Å²) in [6.45, 7) is 3.04. The lowest BCUT2D eigenvalue weighted by molar-refractivity contribution is -0.236. The third kappa shape index (κ3) is 4.23. The molecule has 1 aromatic carbocycles. The fourth-order valence-corrected chi connectivity index (χ4v) is 4.12. The summed E-state index contributed by atoms with van der Waals surface area (Å²) in [6, 6.07) is 3.04. The Kier molecular flexibility index (Phi) is 6.73. The number of amides is 1. The van der Waals surface area contributed by atoms with Crippen molar-refractivity contribution in [2.45, 2.75) is 25.6 Å². The van der Waals surface area contributed by atoms with Gasteiger partial charge in [0.25, 0.3) is 0 Å². The monoisotopic (exact) mass is 460 g/mol. The molecule has 156 valence electrons. The van der Waals surface area contributed by atoms with Crippen LogP contribution in [-0.4, -0.2) is 43.3 Å². The number of hydrogen-bond donors (Lipinski definition) is 1. The maximum atomic E-state index is 13.7. The molecule has 2 aliphatic rings. The second kappa shape index (κ2) is 8.92. The van der Waals surface area contributed by atoms with Crippen molar-refractivity contribution in [1.82, 2.24) is 5.32 Å². The number of benzene rings is 1. The smallest absolute Gasteiger partial charge is 0.340 e. The number of rotatable bonds is 4. The molecule has 0 bridgehead atoms. The molecule has 1 N–H and O–H groups in total. The number of hydrogen-bond acceptors (Lipinski definition) is 6. The average Bonchev–Trinajstić information content (AvgIpc) is 2.88. The Balaban J connectivity index is 2.09. The molecule has 2 heterocycles. The first-order chi connectivity index (χ1) is 13.8. The first-order valence-corrected chi connectivity index (χ1v) is 10.2. The van der Waals surface area contributed by atoms with E-state index in [9.17, 15) is 14.4 Å². The van der Waals surface area contributed by atoms with Crippen LogP contribution >= 0.6 is 34.8 Å². The van der Waals surface area contributed by atoms with Crippen molar-refractivity contribution in [3.05, 3.63) is 39.4 Å². The maximum Gasteiger partial charge on any atom is 0.340 e. The van der Waals surface area contributed by atoms with Crippen LogP contribution in [0.1, 0.15) is 19.8 Å². The molecule has 0 aliphatic carbocycles. The third-order valence-electron chi connectivity index (χ3n) is 4.90. The molecule has 1 fully saturated rings. The summed E-state index contributed by atoms with van der Waals surface area (Å²) in [5.74, 6) is -5.01. The number of cyclic esters (lactones) is 2. The number of carbonyl (C=O) groups excluding carboxylic acids is 3. The lowest BCUT2D eigenvalue weighted by atomic mass is 9.87. The van der Waals surface area contributed by atoms with Gasteiger partial charge in [-0.3, -0.25) is 4.79 Å². The Hall–Kier alpha value is -1.80. The van der Waals surface area contributed by atoms with Crippen molar-refractivity contribution in [2.75, 3.05) is 24.5 Å². The van der Waals surface area contributed by atoms with Gasteiger partial charge in [-0.25, -0.2) is 9.59 Å². The summed E-state index contributed by atoms with van der Waals surface area (Å²) in [5, 5.41) is 3.56. The van der Waals surface area contributed by atoms with Crippen molar-refractivity contribution in [3.8, 4) is 0 Å². The number of carbonyl (C=O) groups is 3. The van der Waals surface area contributed by atoms with Gasteiger partial charge in [0.2, 0.25) is 0 Å². The van der Waals surface area contributed by atoms with E-state index in [0.29, 0.717) is 25.9 Å². The molecule has 1 aromatic rings. The molecule has 2 aliphatic heterocycles. The van der Waals surface area contributed by atoms with E-state index in [-0.39, 0.29) is 27.3 Å². The highest BCUT2D eigenvalue weighted by atomic mass is 35.5. The number of ether oxygens (including phenoxy) is 2. The number of piperidine rings is 1. The van der Waals surface area contributed by atoms with Crippen LogP contribution in [0.3, 0.4) is 0 Å². The molecule has 1 saturated heterocycles. The van der Waals surface area contributed by atoms with E-state index in [4.69, 9.17) is 44.3 Å². The normalized spacial score (nSPS) is 19.3. The second-order valence-electron chi connectivity index (χ2n) is 6.61. The first kappa shape index (κ1) is 21.9. The Morgan fingerprint density at radius 1 is 1.10 bits per heavy atom. The minimum Gasteiger partial charge on any atom is -0.410 e. The number of likely N-dealkylation sites (N-methyl/N-ethyl adjacent to an activating group) is 1. The summed E-state index contributed by atoms with van der Waals surface area (Å²) in [5.41, 5.74) is 0.270. The zero-order valence-corrected chi connectivity index (χ0v) is 17.8. The molecule has 29 heavy (non-hydrogen) atoms. The third-order valence-corrected chi connectivity index (χ3v) is 6.19. The summed E-state index contributed by atoms with van der Waals surface area (Å²) in [6.07, 6.45) is 2.83. The number of anilines is 1. The van der Waals surface area contributed by atoms with Gasteiger partial charge in [0.1, 0.15) is 0 Å². The molecule has 0 unspecified atom stereocenters. The average molecular weight is 462 g/mol. The zero-order valence-electron chi connectivity index (χ0n) is 15.5. The van der Waals surface area contributed by atoms with Gasteiger partial charge < -0.3 is 19.7 Å². The Bertz CT molecular complexity index is 848. The summed E-state index contributed by atoms with van der Waals surface area (Å²) in [4.78, 5) is 39.4. The van der Waals surface area contributed by atoms with Gasteiger partial charge in [-0.2, -0.15) is 0 Å². The zero-order chi connectivity index (χ0) is 21.2. The fraction of sp³-hybridized carbons (Fsp3) is 0.421. The highest BCUT2D eigenvalue weighted by Crippen LogP contribution is 2.41. The van der Waals surface area contributed by atoms with Gasteiger partial charge in [0.05, 0.1) is 20.8 Å². The quantitative estimate of drug-likeness (QED) is 0.547. The second-order valence-corrected chi connectivity index (χ2v) is 7.77. The fourth-order valence-electron chi connectivity index (χ4n) is 3.49. The van der Waals surface area contributed by atoms with Gasteiger partial charge in [0, 0.05) is 24.6 Å². The topological polar surface area (TPSA) is 84.9 Å². The van der Waals surface area contributed by atoms with Crippen LogP contribution < -0.4 is 10.2 Å². The van der Waals surface area contributed by atoms with Gasteiger partial charge in [-0.05, 0) is 45.0 Å². The number of nitrogens with one attached hydrogen (secondary N) is 1. The van der Waals surface area contributed by atoms with Crippen LogP contribution in [0.4, 0.5) is 5.69 Å². The predicted octanol–water partition coefficient (Wildman–Crippen LogP) is 3.35. The Morgan fingerprint density at radius 2 is 1.69 bits per heavy atom. The molecular formula is C19H19Cl3N2O5. The molecule has 10 heteroatoms. The van der Waals surface area contributed by atoms with Gasteiger partial charge in [-0.15, -0.1) is 0 Å². The van der Waals surface area contributed by atoms with E-state index in [2.05, 4.69) is 5.32 Å². The standard InChI is InChI=1S/C19H19Cl3N2O5/c1-2-24(13-4-3-12(20)16(21)17(13)22)18(27)19(11-7-9-23-10-8-11)28-14(25)5-6-15(26)29-19/h3-6,11,23H,2,7-10H2,1H3. The molecule has 0 spiro atoms. The van der Waals surface area contributed by atoms with E-state index in [1.807, 2.05) is 0 Å². The van der Waals surface area contributed by atoms with Crippen LogP contribution in [0, 0.1) is 5.92 Å². The van der Waals surface area contributed by atoms with Crippen molar-refractivity contribution in [1.29, 1.82) is 0 Å². The summed E-state index contributed by atoms with van der Waals surface area (Å²) in [7, 11) is 0. The molecule has 3 rings (SSSR count). The predicted molar refractivity (Wildman–Crippen MR) is 109 cm³/mol. The molecule has 0 radical (unpaired) electrons. The van der Waals surface area contributed by atoms with Crippen molar-refractivity contribution < 1.29 is 23.9 Å². The van der Waals surface area contributed by atoms with Crippen LogP contribution in [0.5, 0.6) is 0 Å². The maximum absolute atomic E-state index is 13.7. The lowest BCUT2D eigenvalue weighted by Gasteiger charge is -2.41. The minimum atomic E-state index is -2.11. The van der Waals surface area contributed by atoms with E-state index < -0.39 is 29.6 Å². The van der Waals surface area contributed by atoms with Gasteiger partial charge in [0.15, 0.2) is 0 Å². The van der Waals surface area contributed by atoms with Gasteiger partial charge in [-0.1, -0.05) is 34.8 Å². The Morgan fingerprint density at radius 3 is 2.24 bits per heavy atom. The van der Waals surface area contributed by atoms with Gasteiger partial charge >= 0.3 is 23.6 Å². The highest BCUT2D eigenvalue weighted by Gasteiger charge is 2.56. The number of halogens is 3. The molecule has 1 amide bonds. The lowest BCUT2D eigenvalue weighted by Crippen LogP contribution is -2.60. The van der Waals surface area contributed by atoms with Crippen LogP contribution in [0.2, 0.25) is 15.1 Å².